The first kappa shape index (κ1) is 29.4. The molecule has 2 heterocycles. The zero-order valence-electron chi connectivity index (χ0n) is 24.7. The van der Waals surface area contributed by atoms with E-state index in [2.05, 4.69) is 57.4 Å². The highest BCUT2D eigenvalue weighted by atomic mass is 16.2. The summed E-state index contributed by atoms with van der Waals surface area (Å²) < 4.78 is 0. The number of piperazine rings is 1. The smallest absolute Gasteiger partial charge is 0.322 e. The largest absolute Gasteiger partial charge is 0.367 e. The van der Waals surface area contributed by atoms with E-state index in [0.29, 0.717) is 29.8 Å². The van der Waals surface area contributed by atoms with Crippen LogP contribution in [0.5, 0.6) is 0 Å². The number of aromatic nitrogens is 1. The molecule has 1 atom stereocenters. The molecule has 3 fully saturated rings. The molecule has 1 saturated heterocycles. The van der Waals surface area contributed by atoms with E-state index >= 15 is 0 Å². The van der Waals surface area contributed by atoms with Crippen LogP contribution in [0.2, 0.25) is 0 Å². The van der Waals surface area contributed by atoms with Gasteiger partial charge in [0.1, 0.15) is 11.9 Å². The van der Waals surface area contributed by atoms with Crippen molar-refractivity contribution in [2.75, 3.05) is 53.7 Å². The maximum Gasteiger partial charge on any atom is 0.322 e. The first-order valence-corrected chi connectivity index (χ1v) is 15.1. The number of carbonyl (C=O) groups excluding carboxylic acids is 2. The van der Waals surface area contributed by atoms with Crippen molar-refractivity contribution in [3.63, 3.8) is 0 Å². The fourth-order valence-corrected chi connectivity index (χ4v) is 5.87. The zero-order chi connectivity index (χ0) is 29.6. The summed E-state index contributed by atoms with van der Waals surface area (Å²) >= 11 is 0. The molecule has 3 aliphatic rings. The fraction of sp³-hybridized carbons (Fsp3) is 0.500. The number of carbonyl (C=O) groups is 2. The molecule has 1 aliphatic heterocycles. The van der Waals surface area contributed by atoms with Crippen LogP contribution in [0, 0.1) is 17.2 Å². The van der Waals surface area contributed by atoms with Crippen LogP contribution in [0.3, 0.4) is 0 Å². The van der Waals surface area contributed by atoms with Crippen molar-refractivity contribution in [1.29, 1.82) is 5.26 Å². The van der Waals surface area contributed by atoms with E-state index in [1.54, 1.807) is 12.3 Å². The Morgan fingerprint density at radius 1 is 1.14 bits per heavy atom. The third kappa shape index (κ3) is 7.21. The summed E-state index contributed by atoms with van der Waals surface area (Å²) in [7, 11) is 2.13. The number of anilines is 4. The summed E-state index contributed by atoms with van der Waals surface area (Å²) in [5, 5.41) is 18.7. The Labute approximate surface area is 248 Å². The van der Waals surface area contributed by atoms with Gasteiger partial charge < -0.3 is 25.8 Å². The number of nitriles is 1. The minimum atomic E-state index is -0.275. The van der Waals surface area contributed by atoms with E-state index in [0.717, 1.165) is 75.4 Å². The number of likely N-dealkylation sites (N-methyl/N-ethyl adjacent to an activating group) is 1. The summed E-state index contributed by atoms with van der Waals surface area (Å²) in [4.78, 5) is 37.1. The second-order valence-electron chi connectivity index (χ2n) is 11.9. The van der Waals surface area contributed by atoms with Crippen molar-refractivity contribution in [1.82, 2.24) is 15.2 Å². The number of hydrogen-bond acceptors (Lipinski definition) is 7. The van der Waals surface area contributed by atoms with Crippen LogP contribution in [-0.2, 0) is 4.79 Å². The van der Waals surface area contributed by atoms with Crippen molar-refractivity contribution in [3.8, 4) is 6.07 Å². The second-order valence-corrected chi connectivity index (χ2v) is 11.9. The number of hydrogen-bond donors (Lipinski definition) is 3. The number of pyridine rings is 1. The molecule has 0 radical (unpaired) electrons. The molecular formula is C32H42N8O2. The first-order chi connectivity index (χ1) is 20.3. The first-order valence-electron chi connectivity index (χ1n) is 15.1. The number of amides is 3. The Morgan fingerprint density at radius 2 is 1.93 bits per heavy atom. The van der Waals surface area contributed by atoms with Gasteiger partial charge in [0.15, 0.2) is 0 Å². The van der Waals surface area contributed by atoms with E-state index in [1.165, 1.54) is 6.08 Å². The summed E-state index contributed by atoms with van der Waals surface area (Å²) in [6.45, 7) is 9.17. The third-order valence-electron chi connectivity index (χ3n) is 8.77. The molecule has 1 unspecified atom stereocenters. The molecule has 2 aromatic rings. The van der Waals surface area contributed by atoms with Gasteiger partial charge in [0.2, 0.25) is 5.91 Å². The monoisotopic (exact) mass is 570 g/mol. The molecule has 10 heteroatoms. The summed E-state index contributed by atoms with van der Waals surface area (Å²) in [5.41, 5.74) is 2.96. The average Bonchev–Trinajstić information content (AvgIpc) is 3.84. The zero-order valence-corrected chi connectivity index (χ0v) is 24.7. The number of nitrogens with zero attached hydrogens (tertiary/aromatic N) is 5. The topological polar surface area (TPSA) is 117 Å². The summed E-state index contributed by atoms with van der Waals surface area (Å²) in [6, 6.07) is 12.3. The predicted octanol–water partition coefficient (Wildman–Crippen LogP) is 4.57. The molecule has 3 N–H and O–H groups in total. The van der Waals surface area contributed by atoms with Crippen molar-refractivity contribution in [2.45, 2.75) is 63.6 Å². The van der Waals surface area contributed by atoms with Crippen LogP contribution in [-0.4, -0.2) is 73.2 Å². The molecule has 2 aliphatic carbocycles. The Balaban J connectivity index is 1.36. The van der Waals surface area contributed by atoms with Gasteiger partial charge in [-0.2, -0.15) is 5.26 Å². The molecule has 3 amide bonds. The van der Waals surface area contributed by atoms with E-state index in [4.69, 9.17) is 5.26 Å². The molecule has 2 saturated carbocycles. The van der Waals surface area contributed by atoms with Gasteiger partial charge in [0.05, 0.1) is 16.9 Å². The van der Waals surface area contributed by atoms with Crippen molar-refractivity contribution < 1.29 is 9.59 Å². The number of rotatable bonds is 9. The highest BCUT2D eigenvalue weighted by Gasteiger charge is 2.32. The van der Waals surface area contributed by atoms with Gasteiger partial charge in [-0.15, -0.1) is 0 Å². The van der Waals surface area contributed by atoms with Crippen LogP contribution in [0.15, 0.2) is 49.2 Å². The Bertz CT molecular complexity index is 1310. The number of urea groups is 1. The third-order valence-corrected chi connectivity index (χ3v) is 8.77. The highest BCUT2D eigenvalue weighted by Crippen LogP contribution is 2.36. The summed E-state index contributed by atoms with van der Waals surface area (Å²) in [6.07, 6.45) is 8.61. The van der Waals surface area contributed by atoms with Gasteiger partial charge >= 0.3 is 6.03 Å². The normalized spacial score (nSPS) is 22.5. The molecule has 0 bridgehead atoms. The standard InChI is InChI=1S/C32H42N8O2/c1-4-31(41)37-28-17-27(12-13-29(28)39-16-15-38(3)22(2)21-39)40(32(42)35-19-23-5-6-23)26-10-8-25(9-11-26)36-30-14-7-24(18-33)20-34-30/h4,7,12-14,17,20,22-23,25-26H,1,5-6,8-11,15-16,19,21H2,2-3H3,(H,34,36)(H,35,42)(H,37,41). The summed E-state index contributed by atoms with van der Waals surface area (Å²) in [5.74, 6) is 1.05. The van der Waals surface area contributed by atoms with Crippen LogP contribution in [0.4, 0.5) is 27.7 Å². The minimum absolute atomic E-state index is 0.0219. The molecule has 42 heavy (non-hydrogen) atoms. The molecule has 1 aromatic carbocycles. The quantitative estimate of drug-likeness (QED) is 0.378. The fourth-order valence-electron chi connectivity index (χ4n) is 5.87. The van der Waals surface area contributed by atoms with Crippen molar-refractivity contribution in [2.24, 2.45) is 5.92 Å². The van der Waals surface area contributed by atoms with Crippen molar-refractivity contribution in [3.05, 3.63) is 54.7 Å². The lowest BCUT2D eigenvalue weighted by molar-refractivity contribution is -0.111. The van der Waals surface area contributed by atoms with Gasteiger partial charge in [0.25, 0.3) is 0 Å². The lowest BCUT2D eigenvalue weighted by Crippen LogP contribution is -2.50. The molecule has 5 rings (SSSR count). The SMILES string of the molecule is C=CC(=O)Nc1cc(N(C(=O)NCC2CC2)C2CCC(Nc3ccc(C#N)cn3)CC2)ccc1N1CCN(C)C(C)C1. The Hall–Kier alpha value is -4.10. The maximum atomic E-state index is 13.7. The van der Waals surface area contributed by atoms with E-state index in [9.17, 15) is 9.59 Å². The lowest BCUT2D eigenvalue weighted by atomic mass is 9.89. The van der Waals surface area contributed by atoms with Crippen LogP contribution in [0.25, 0.3) is 0 Å². The van der Waals surface area contributed by atoms with Crippen LogP contribution >= 0.6 is 0 Å². The van der Waals surface area contributed by atoms with Gasteiger partial charge in [0, 0.05) is 56.2 Å². The number of benzene rings is 1. The lowest BCUT2D eigenvalue weighted by Gasteiger charge is -2.40. The molecule has 222 valence electrons. The van der Waals surface area contributed by atoms with E-state index < -0.39 is 0 Å². The average molecular weight is 571 g/mol. The Kier molecular flexibility index (Phi) is 9.28. The highest BCUT2D eigenvalue weighted by molar-refractivity contribution is 6.02. The van der Waals surface area contributed by atoms with Gasteiger partial charge in [-0.3, -0.25) is 9.69 Å². The predicted molar refractivity (Wildman–Crippen MR) is 167 cm³/mol. The van der Waals surface area contributed by atoms with Crippen LogP contribution in [0.1, 0.15) is 51.0 Å². The minimum Gasteiger partial charge on any atom is -0.367 e. The second kappa shape index (κ2) is 13.3. The maximum absolute atomic E-state index is 13.7. The molecule has 10 nitrogen and oxygen atoms in total. The van der Waals surface area contributed by atoms with Gasteiger partial charge in [-0.05, 0) is 94.8 Å². The van der Waals surface area contributed by atoms with E-state index in [-0.39, 0.29) is 24.0 Å². The van der Waals surface area contributed by atoms with Gasteiger partial charge in [-0.1, -0.05) is 6.58 Å². The van der Waals surface area contributed by atoms with Gasteiger partial charge in [-0.25, -0.2) is 9.78 Å². The molecular weight excluding hydrogens is 528 g/mol. The van der Waals surface area contributed by atoms with Crippen molar-refractivity contribution >= 4 is 34.8 Å². The molecule has 0 spiro atoms. The molecule has 1 aromatic heterocycles. The van der Waals surface area contributed by atoms with Crippen LogP contribution < -0.4 is 25.8 Å². The number of nitrogens with one attached hydrogen (secondary N) is 3. The Morgan fingerprint density at radius 3 is 2.57 bits per heavy atom. The van der Waals surface area contributed by atoms with E-state index in [1.807, 2.05) is 29.2 Å².